The SMILES string of the molecule is Cc1cc(Nc2ncnc3cnc(N4C[C@@H](F)[C@@H](O)C4)nc23)ccc1Oc1ccc2c(c1)ncn2C. The molecule has 0 spiro atoms. The van der Waals surface area contributed by atoms with Gasteiger partial charge in [-0.05, 0) is 42.8 Å². The van der Waals surface area contributed by atoms with Gasteiger partial charge < -0.3 is 24.6 Å². The molecule has 10 nitrogen and oxygen atoms in total. The maximum absolute atomic E-state index is 13.8. The molecule has 0 aliphatic carbocycles. The average Bonchev–Trinajstić information content (AvgIpc) is 3.41. The molecule has 0 bridgehead atoms. The van der Waals surface area contributed by atoms with E-state index in [1.165, 1.54) is 6.33 Å². The van der Waals surface area contributed by atoms with Crippen LogP contribution in [0.2, 0.25) is 0 Å². The lowest BCUT2D eigenvalue weighted by atomic mass is 10.2. The largest absolute Gasteiger partial charge is 0.457 e. The topological polar surface area (TPSA) is 114 Å². The number of ether oxygens (including phenoxy) is 1. The second-order valence-electron chi connectivity index (χ2n) is 8.83. The number of nitrogens with zero attached hydrogens (tertiary/aromatic N) is 7. The third-order valence-corrected chi connectivity index (χ3v) is 6.23. The third kappa shape index (κ3) is 4.03. The number of fused-ring (bicyclic) bond motifs is 2. The van der Waals surface area contributed by atoms with E-state index < -0.39 is 12.3 Å². The van der Waals surface area contributed by atoms with Gasteiger partial charge in [0, 0.05) is 25.3 Å². The van der Waals surface area contributed by atoms with Crippen molar-refractivity contribution in [3.63, 3.8) is 0 Å². The number of alkyl halides is 1. The molecule has 0 radical (unpaired) electrons. The fraction of sp³-hybridized carbons (Fsp3) is 0.240. The number of benzene rings is 2. The Morgan fingerprint density at radius 3 is 2.75 bits per heavy atom. The Labute approximate surface area is 205 Å². The summed E-state index contributed by atoms with van der Waals surface area (Å²) < 4.78 is 21.9. The lowest BCUT2D eigenvalue weighted by Crippen LogP contribution is -2.23. The Morgan fingerprint density at radius 1 is 1.06 bits per heavy atom. The zero-order chi connectivity index (χ0) is 24.8. The molecule has 182 valence electrons. The van der Waals surface area contributed by atoms with Gasteiger partial charge in [0.25, 0.3) is 0 Å². The quantitative estimate of drug-likeness (QED) is 0.384. The number of halogens is 1. The molecule has 0 amide bonds. The summed E-state index contributed by atoms with van der Waals surface area (Å²) in [5, 5.41) is 13.0. The number of imidazole rings is 1. The van der Waals surface area contributed by atoms with E-state index in [1.807, 2.05) is 54.9 Å². The van der Waals surface area contributed by atoms with Gasteiger partial charge in [0.1, 0.15) is 41.1 Å². The van der Waals surface area contributed by atoms with Gasteiger partial charge in [-0.3, -0.25) is 0 Å². The standard InChI is InChI=1S/C25H23FN8O2/c1-14-7-15(3-6-22(14)36-16-4-5-20-18(8-16)30-13-33(20)2)31-24-23-19(28-12-29-24)9-27-25(32-23)34-10-17(26)21(35)11-34/h3-9,12-13,17,21,35H,10-11H2,1-2H3,(H,28,29,31)/t17-,21+/m1/s1. The summed E-state index contributed by atoms with van der Waals surface area (Å²) in [7, 11) is 1.95. The van der Waals surface area contributed by atoms with Crippen molar-refractivity contribution < 1.29 is 14.2 Å². The van der Waals surface area contributed by atoms with E-state index in [4.69, 9.17) is 4.74 Å². The van der Waals surface area contributed by atoms with E-state index in [1.54, 1.807) is 17.4 Å². The molecule has 2 aromatic carbocycles. The van der Waals surface area contributed by atoms with Crippen LogP contribution in [-0.2, 0) is 7.05 Å². The van der Waals surface area contributed by atoms with Gasteiger partial charge in [0.05, 0.1) is 30.1 Å². The van der Waals surface area contributed by atoms with Crippen LogP contribution >= 0.6 is 0 Å². The van der Waals surface area contributed by atoms with E-state index in [-0.39, 0.29) is 13.1 Å². The number of aryl methyl sites for hydroxylation is 2. The van der Waals surface area contributed by atoms with Gasteiger partial charge in [-0.1, -0.05) is 0 Å². The fourth-order valence-corrected chi connectivity index (χ4v) is 4.28. The predicted octanol–water partition coefficient (Wildman–Crippen LogP) is 3.67. The summed E-state index contributed by atoms with van der Waals surface area (Å²) in [5.41, 5.74) is 4.67. The van der Waals surface area contributed by atoms with Crippen LogP contribution in [0.1, 0.15) is 5.56 Å². The van der Waals surface area contributed by atoms with Crippen molar-refractivity contribution in [1.82, 2.24) is 29.5 Å². The number of aliphatic hydroxyl groups is 1. The zero-order valence-electron chi connectivity index (χ0n) is 19.6. The normalized spacial score (nSPS) is 17.7. The fourth-order valence-electron chi connectivity index (χ4n) is 4.28. The Kier molecular flexibility index (Phi) is 5.33. The number of anilines is 3. The summed E-state index contributed by atoms with van der Waals surface area (Å²) >= 11 is 0. The molecule has 5 aromatic rings. The molecule has 36 heavy (non-hydrogen) atoms. The van der Waals surface area contributed by atoms with Gasteiger partial charge in [0.2, 0.25) is 5.95 Å². The molecular weight excluding hydrogens is 463 g/mol. The number of β-amino-alcohol motifs (C(OH)–C–C–N with tert-alkyl or cyclic N) is 1. The highest BCUT2D eigenvalue weighted by molar-refractivity contribution is 5.87. The number of hydrogen-bond acceptors (Lipinski definition) is 9. The number of hydrogen-bond donors (Lipinski definition) is 2. The summed E-state index contributed by atoms with van der Waals surface area (Å²) in [6, 6.07) is 11.5. The molecule has 0 saturated carbocycles. The number of rotatable bonds is 5. The third-order valence-electron chi connectivity index (χ3n) is 6.23. The Bertz CT molecular complexity index is 1580. The number of aromatic nitrogens is 6. The minimum Gasteiger partial charge on any atom is -0.457 e. The average molecular weight is 487 g/mol. The molecule has 1 fully saturated rings. The first-order valence-corrected chi connectivity index (χ1v) is 11.5. The van der Waals surface area contributed by atoms with Crippen molar-refractivity contribution in [2.24, 2.45) is 7.05 Å². The number of nitrogens with one attached hydrogen (secondary N) is 1. The minimum absolute atomic E-state index is 0.0387. The molecular formula is C25H23FN8O2. The lowest BCUT2D eigenvalue weighted by molar-refractivity contribution is 0.118. The lowest BCUT2D eigenvalue weighted by Gasteiger charge is -2.16. The van der Waals surface area contributed by atoms with Crippen LogP contribution in [0, 0.1) is 6.92 Å². The van der Waals surface area contributed by atoms with E-state index >= 15 is 0 Å². The molecule has 11 heteroatoms. The first-order valence-electron chi connectivity index (χ1n) is 11.5. The van der Waals surface area contributed by atoms with E-state index in [0.29, 0.717) is 28.5 Å². The van der Waals surface area contributed by atoms with Crippen LogP contribution in [0.5, 0.6) is 11.5 Å². The summed E-state index contributed by atoms with van der Waals surface area (Å²) in [6.45, 7) is 2.14. The maximum atomic E-state index is 13.8. The second-order valence-corrected chi connectivity index (χ2v) is 8.83. The van der Waals surface area contributed by atoms with Crippen LogP contribution in [-0.4, -0.2) is 60.0 Å². The first kappa shape index (κ1) is 22.1. The van der Waals surface area contributed by atoms with Crippen molar-refractivity contribution in [3.05, 3.63) is 60.8 Å². The van der Waals surface area contributed by atoms with Crippen LogP contribution < -0.4 is 15.0 Å². The Morgan fingerprint density at radius 2 is 1.94 bits per heavy atom. The molecule has 3 aromatic heterocycles. The van der Waals surface area contributed by atoms with E-state index in [2.05, 4.69) is 30.2 Å². The Hall–Kier alpha value is -4.38. The highest BCUT2D eigenvalue weighted by atomic mass is 19.1. The highest BCUT2D eigenvalue weighted by Gasteiger charge is 2.32. The first-order chi connectivity index (χ1) is 17.4. The molecule has 2 atom stereocenters. The molecule has 4 heterocycles. The molecule has 6 rings (SSSR count). The summed E-state index contributed by atoms with van der Waals surface area (Å²) in [6.07, 6.45) is 2.40. The molecule has 1 aliphatic heterocycles. The van der Waals surface area contributed by atoms with Crippen molar-refractivity contribution in [1.29, 1.82) is 0 Å². The monoisotopic (exact) mass is 486 g/mol. The molecule has 1 aliphatic rings. The zero-order valence-corrected chi connectivity index (χ0v) is 19.6. The minimum atomic E-state index is -1.33. The maximum Gasteiger partial charge on any atom is 0.226 e. The van der Waals surface area contributed by atoms with Gasteiger partial charge in [-0.15, -0.1) is 0 Å². The van der Waals surface area contributed by atoms with Gasteiger partial charge in [-0.25, -0.2) is 29.3 Å². The van der Waals surface area contributed by atoms with Gasteiger partial charge in [-0.2, -0.15) is 0 Å². The highest BCUT2D eigenvalue weighted by Crippen LogP contribution is 2.31. The second kappa shape index (κ2) is 8.68. The Balaban J connectivity index is 1.25. The number of aliphatic hydroxyl groups excluding tert-OH is 1. The van der Waals surface area contributed by atoms with E-state index in [0.717, 1.165) is 28.0 Å². The summed E-state index contributed by atoms with van der Waals surface area (Å²) in [5.74, 6) is 2.25. The molecule has 0 unspecified atom stereocenters. The van der Waals surface area contributed by atoms with Gasteiger partial charge >= 0.3 is 0 Å². The van der Waals surface area contributed by atoms with Crippen molar-refractivity contribution >= 4 is 39.5 Å². The van der Waals surface area contributed by atoms with Crippen LogP contribution in [0.3, 0.4) is 0 Å². The molecule has 2 N–H and O–H groups in total. The summed E-state index contributed by atoms with van der Waals surface area (Å²) in [4.78, 5) is 23.4. The van der Waals surface area contributed by atoms with Gasteiger partial charge in [0.15, 0.2) is 5.82 Å². The van der Waals surface area contributed by atoms with E-state index in [9.17, 15) is 9.50 Å². The smallest absolute Gasteiger partial charge is 0.226 e. The van der Waals surface area contributed by atoms with Crippen LogP contribution in [0.4, 0.5) is 21.8 Å². The van der Waals surface area contributed by atoms with Crippen molar-refractivity contribution in [3.8, 4) is 11.5 Å². The van der Waals surface area contributed by atoms with Crippen molar-refractivity contribution in [2.45, 2.75) is 19.2 Å². The predicted molar refractivity (Wildman–Crippen MR) is 133 cm³/mol. The van der Waals surface area contributed by atoms with Crippen LogP contribution in [0.15, 0.2) is 55.2 Å². The molecule has 1 saturated heterocycles. The van der Waals surface area contributed by atoms with Crippen molar-refractivity contribution in [2.75, 3.05) is 23.3 Å². The van der Waals surface area contributed by atoms with Crippen LogP contribution in [0.25, 0.3) is 22.1 Å².